The molecule has 0 saturated carbocycles. The molecule has 2 aromatic carbocycles. The van der Waals surface area contributed by atoms with Gasteiger partial charge in [0.05, 0.1) is 10.6 Å². The lowest BCUT2D eigenvalue weighted by atomic mass is 10.2. The molecule has 0 bridgehead atoms. The SMILES string of the molecule is Cc1cc(O[C@H](C)C(=O)Nc2ccc(F)cc2F)ccc1[N+](=O)[O-]. The Kier molecular flexibility index (Phi) is 5.08. The van der Waals surface area contributed by atoms with Crippen LogP contribution in [0.5, 0.6) is 5.75 Å². The summed E-state index contributed by atoms with van der Waals surface area (Å²) in [4.78, 5) is 22.2. The number of anilines is 1. The fourth-order valence-electron chi connectivity index (χ4n) is 1.99. The van der Waals surface area contributed by atoms with Gasteiger partial charge in [0.2, 0.25) is 0 Å². The van der Waals surface area contributed by atoms with Crippen LogP contribution in [0.25, 0.3) is 0 Å². The third-order valence-corrected chi connectivity index (χ3v) is 3.24. The quantitative estimate of drug-likeness (QED) is 0.668. The van der Waals surface area contributed by atoms with Crippen LogP contribution in [0, 0.1) is 28.7 Å². The van der Waals surface area contributed by atoms with Gasteiger partial charge in [0, 0.05) is 17.7 Å². The van der Waals surface area contributed by atoms with Gasteiger partial charge in [-0.15, -0.1) is 0 Å². The molecule has 0 aliphatic carbocycles. The van der Waals surface area contributed by atoms with Crippen molar-refractivity contribution >= 4 is 17.3 Å². The zero-order valence-corrected chi connectivity index (χ0v) is 12.9. The topological polar surface area (TPSA) is 81.5 Å². The Hall–Kier alpha value is -3.03. The number of halogens is 2. The van der Waals surface area contributed by atoms with E-state index in [4.69, 9.17) is 4.74 Å². The first kappa shape index (κ1) is 17.3. The zero-order chi connectivity index (χ0) is 17.9. The Morgan fingerprint density at radius 1 is 1.25 bits per heavy atom. The minimum atomic E-state index is -0.990. The Morgan fingerprint density at radius 2 is 1.96 bits per heavy atom. The van der Waals surface area contributed by atoms with Crippen LogP contribution in [0.15, 0.2) is 36.4 Å². The molecule has 0 aromatic heterocycles. The molecule has 0 saturated heterocycles. The summed E-state index contributed by atoms with van der Waals surface area (Å²) < 4.78 is 31.7. The second-order valence-electron chi connectivity index (χ2n) is 5.08. The third kappa shape index (κ3) is 4.03. The van der Waals surface area contributed by atoms with Crippen LogP contribution in [-0.2, 0) is 4.79 Å². The van der Waals surface area contributed by atoms with Crippen molar-refractivity contribution in [1.82, 2.24) is 0 Å². The highest BCUT2D eigenvalue weighted by Crippen LogP contribution is 2.24. The second kappa shape index (κ2) is 7.03. The Balaban J connectivity index is 2.06. The molecular weight excluding hydrogens is 322 g/mol. The molecule has 0 unspecified atom stereocenters. The normalized spacial score (nSPS) is 11.7. The van der Waals surface area contributed by atoms with E-state index in [1.807, 2.05) is 0 Å². The minimum Gasteiger partial charge on any atom is -0.481 e. The summed E-state index contributed by atoms with van der Waals surface area (Å²) in [5.74, 6) is -2.03. The standard InChI is InChI=1S/C16H14F2N2O4/c1-9-7-12(4-6-15(9)20(22)23)24-10(2)16(21)19-14-5-3-11(17)8-13(14)18/h3-8,10H,1-2H3,(H,19,21)/t10-/m1/s1. The van der Waals surface area contributed by atoms with Crippen LogP contribution in [0.4, 0.5) is 20.2 Å². The van der Waals surface area contributed by atoms with Crippen LogP contribution < -0.4 is 10.1 Å². The second-order valence-corrected chi connectivity index (χ2v) is 5.08. The summed E-state index contributed by atoms with van der Waals surface area (Å²) in [7, 11) is 0. The summed E-state index contributed by atoms with van der Waals surface area (Å²) in [6.07, 6.45) is -0.990. The van der Waals surface area contributed by atoms with Crippen LogP contribution in [0.3, 0.4) is 0 Å². The number of carbonyl (C=O) groups is 1. The highest BCUT2D eigenvalue weighted by molar-refractivity contribution is 5.94. The molecule has 2 rings (SSSR count). The van der Waals surface area contributed by atoms with E-state index in [0.29, 0.717) is 11.6 Å². The van der Waals surface area contributed by atoms with E-state index in [9.17, 15) is 23.7 Å². The van der Waals surface area contributed by atoms with Crippen LogP contribution in [0.2, 0.25) is 0 Å². The first-order valence-corrected chi connectivity index (χ1v) is 6.95. The predicted octanol–water partition coefficient (Wildman–Crippen LogP) is 3.59. The van der Waals surface area contributed by atoms with Crippen molar-refractivity contribution < 1.29 is 23.2 Å². The summed E-state index contributed by atoms with van der Waals surface area (Å²) in [6, 6.07) is 6.85. The molecule has 2 aromatic rings. The predicted molar refractivity (Wildman–Crippen MR) is 82.9 cm³/mol. The molecule has 1 atom stereocenters. The first-order chi connectivity index (χ1) is 11.3. The highest BCUT2D eigenvalue weighted by atomic mass is 19.1. The number of rotatable bonds is 5. The van der Waals surface area contributed by atoms with Gasteiger partial charge in [-0.05, 0) is 38.1 Å². The maximum atomic E-state index is 13.5. The number of nitro benzene ring substituents is 1. The number of nitro groups is 1. The zero-order valence-electron chi connectivity index (χ0n) is 12.9. The fourth-order valence-corrected chi connectivity index (χ4v) is 1.99. The number of aryl methyl sites for hydroxylation is 1. The van der Waals surface area contributed by atoms with Crippen molar-refractivity contribution in [3.05, 3.63) is 63.7 Å². The number of nitrogens with one attached hydrogen (secondary N) is 1. The molecule has 0 radical (unpaired) electrons. The van der Waals surface area contributed by atoms with E-state index in [2.05, 4.69) is 5.32 Å². The van der Waals surface area contributed by atoms with Crippen molar-refractivity contribution in [2.75, 3.05) is 5.32 Å². The molecule has 1 amide bonds. The molecule has 0 spiro atoms. The van der Waals surface area contributed by atoms with Gasteiger partial charge in [-0.2, -0.15) is 0 Å². The van der Waals surface area contributed by atoms with Crippen molar-refractivity contribution in [3.8, 4) is 5.75 Å². The Bertz CT molecular complexity index is 796. The van der Waals surface area contributed by atoms with Crippen molar-refractivity contribution in [2.24, 2.45) is 0 Å². The van der Waals surface area contributed by atoms with Gasteiger partial charge in [-0.3, -0.25) is 14.9 Å². The summed E-state index contributed by atoms with van der Waals surface area (Å²) in [5, 5.41) is 13.0. The lowest BCUT2D eigenvalue weighted by Gasteiger charge is -2.15. The Morgan fingerprint density at radius 3 is 2.54 bits per heavy atom. The van der Waals surface area contributed by atoms with Gasteiger partial charge in [0.15, 0.2) is 6.10 Å². The first-order valence-electron chi connectivity index (χ1n) is 6.95. The van der Waals surface area contributed by atoms with E-state index in [0.717, 1.165) is 12.1 Å². The molecule has 126 valence electrons. The average Bonchev–Trinajstić information content (AvgIpc) is 2.49. The number of nitrogens with zero attached hydrogens (tertiary/aromatic N) is 1. The van der Waals surface area contributed by atoms with Gasteiger partial charge < -0.3 is 10.1 Å². The molecule has 0 fully saturated rings. The Labute approximate surface area is 136 Å². The van der Waals surface area contributed by atoms with Crippen molar-refractivity contribution in [2.45, 2.75) is 20.0 Å². The maximum Gasteiger partial charge on any atom is 0.272 e. The molecule has 24 heavy (non-hydrogen) atoms. The summed E-state index contributed by atoms with van der Waals surface area (Å²) in [5.41, 5.74) is 0.152. The molecule has 8 heteroatoms. The number of carbonyl (C=O) groups excluding carboxylic acids is 1. The molecule has 0 aliphatic heterocycles. The molecule has 0 aliphatic rings. The van der Waals surface area contributed by atoms with Crippen molar-refractivity contribution in [1.29, 1.82) is 0 Å². The lowest BCUT2D eigenvalue weighted by Crippen LogP contribution is -2.30. The van der Waals surface area contributed by atoms with Gasteiger partial charge in [-0.1, -0.05) is 0 Å². The maximum absolute atomic E-state index is 13.5. The highest BCUT2D eigenvalue weighted by Gasteiger charge is 2.18. The number of hydrogen-bond donors (Lipinski definition) is 1. The number of amides is 1. The monoisotopic (exact) mass is 336 g/mol. The average molecular weight is 336 g/mol. The third-order valence-electron chi connectivity index (χ3n) is 3.24. The minimum absolute atomic E-state index is 0.0622. The fraction of sp³-hybridized carbons (Fsp3) is 0.188. The van der Waals surface area contributed by atoms with Crippen LogP contribution in [-0.4, -0.2) is 16.9 Å². The van der Waals surface area contributed by atoms with E-state index in [1.165, 1.54) is 25.1 Å². The van der Waals surface area contributed by atoms with Gasteiger partial charge in [0.1, 0.15) is 17.4 Å². The number of benzene rings is 2. The summed E-state index contributed by atoms with van der Waals surface area (Å²) >= 11 is 0. The molecule has 1 N–H and O–H groups in total. The number of ether oxygens (including phenoxy) is 1. The molecule has 0 heterocycles. The van der Waals surface area contributed by atoms with Gasteiger partial charge in [-0.25, -0.2) is 8.78 Å². The van der Waals surface area contributed by atoms with E-state index < -0.39 is 28.6 Å². The lowest BCUT2D eigenvalue weighted by molar-refractivity contribution is -0.385. The smallest absolute Gasteiger partial charge is 0.272 e. The van der Waals surface area contributed by atoms with E-state index >= 15 is 0 Å². The number of hydrogen-bond acceptors (Lipinski definition) is 4. The largest absolute Gasteiger partial charge is 0.481 e. The van der Waals surface area contributed by atoms with Crippen LogP contribution in [0.1, 0.15) is 12.5 Å². The van der Waals surface area contributed by atoms with Crippen molar-refractivity contribution in [3.63, 3.8) is 0 Å². The molecule has 6 nitrogen and oxygen atoms in total. The van der Waals surface area contributed by atoms with Crippen LogP contribution >= 0.6 is 0 Å². The van der Waals surface area contributed by atoms with Gasteiger partial charge in [0.25, 0.3) is 11.6 Å². The summed E-state index contributed by atoms with van der Waals surface area (Å²) in [6.45, 7) is 2.98. The van der Waals surface area contributed by atoms with E-state index in [-0.39, 0.29) is 17.1 Å². The molecular formula is C16H14F2N2O4. The van der Waals surface area contributed by atoms with E-state index in [1.54, 1.807) is 6.92 Å². The van der Waals surface area contributed by atoms with Gasteiger partial charge >= 0.3 is 0 Å².